The van der Waals surface area contributed by atoms with Gasteiger partial charge in [0.25, 0.3) is 0 Å². The van der Waals surface area contributed by atoms with Gasteiger partial charge in [0.05, 0.1) is 6.07 Å². The van der Waals surface area contributed by atoms with Gasteiger partial charge in [0.2, 0.25) is 0 Å². The van der Waals surface area contributed by atoms with Crippen molar-refractivity contribution in [3.8, 4) is 6.07 Å². The molecule has 18 heavy (non-hydrogen) atoms. The number of hydrogen-bond donors (Lipinski definition) is 1. The summed E-state index contributed by atoms with van der Waals surface area (Å²) in [5, 5.41) is 12.4. The van der Waals surface area contributed by atoms with Crippen molar-refractivity contribution in [3.05, 3.63) is 71.3 Å². The van der Waals surface area contributed by atoms with Gasteiger partial charge >= 0.3 is 0 Å². The Hall–Kier alpha value is -2.53. The second-order valence-corrected chi connectivity index (χ2v) is 4.24. The Labute approximate surface area is 106 Å². The minimum absolute atomic E-state index is 0.788. The molecule has 0 unspecified atom stereocenters. The van der Waals surface area contributed by atoms with Gasteiger partial charge in [-0.25, -0.2) is 0 Å². The minimum atomic E-state index is 0.788. The van der Waals surface area contributed by atoms with Gasteiger partial charge in [0.15, 0.2) is 0 Å². The fourth-order valence-electron chi connectivity index (χ4n) is 2.36. The standard InChI is InChI=1S/C16H12N2/c17-10-9-14-13-6-2-1-5-12(13)11-18-16-8-4-3-7-15(14)16/h1-9,18H,11H2/b14-9+. The van der Waals surface area contributed by atoms with E-state index in [2.05, 4.69) is 23.5 Å². The molecule has 1 N–H and O–H groups in total. The molecule has 1 aliphatic heterocycles. The molecule has 0 fully saturated rings. The monoisotopic (exact) mass is 232 g/mol. The van der Waals surface area contributed by atoms with Crippen LogP contribution in [0.1, 0.15) is 16.7 Å². The molecule has 2 aromatic carbocycles. The van der Waals surface area contributed by atoms with Gasteiger partial charge in [-0.15, -0.1) is 0 Å². The highest BCUT2D eigenvalue weighted by atomic mass is 14.9. The van der Waals surface area contributed by atoms with E-state index in [0.717, 1.165) is 28.9 Å². The summed E-state index contributed by atoms with van der Waals surface area (Å²) in [6.45, 7) is 0.788. The third-order valence-corrected chi connectivity index (χ3v) is 3.20. The highest BCUT2D eigenvalue weighted by Gasteiger charge is 2.16. The molecule has 0 atom stereocenters. The number of hydrogen-bond acceptors (Lipinski definition) is 2. The van der Waals surface area contributed by atoms with Gasteiger partial charge in [0.1, 0.15) is 0 Å². The molecule has 0 bridgehead atoms. The molecule has 2 aromatic rings. The van der Waals surface area contributed by atoms with Crippen LogP contribution in [-0.2, 0) is 6.54 Å². The number of nitrogens with zero attached hydrogens (tertiary/aromatic N) is 1. The van der Waals surface area contributed by atoms with Gasteiger partial charge in [-0.1, -0.05) is 42.5 Å². The first-order valence-corrected chi connectivity index (χ1v) is 5.91. The van der Waals surface area contributed by atoms with E-state index in [-0.39, 0.29) is 0 Å². The normalized spacial score (nSPS) is 14.9. The van der Waals surface area contributed by atoms with Gasteiger partial charge in [-0.2, -0.15) is 5.26 Å². The maximum absolute atomic E-state index is 9.01. The van der Waals surface area contributed by atoms with Crippen molar-refractivity contribution < 1.29 is 0 Å². The van der Waals surface area contributed by atoms with Gasteiger partial charge in [0, 0.05) is 29.4 Å². The molecule has 0 aliphatic carbocycles. The fraction of sp³-hybridized carbons (Fsp3) is 0.0625. The van der Waals surface area contributed by atoms with Crippen LogP contribution in [0.3, 0.4) is 0 Å². The summed E-state index contributed by atoms with van der Waals surface area (Å²) in [6.07, 6.45) is 1.63. The van der Waals surface area contributed by atoms with Crippen LogP contribution in [0.25, 0.3) is 5.57 Å². The Morgan fingerprint density at radius 2 is 1.72 bits per heavy atom. The maximum atomic E-state index is 9.01. The summed E-state index contributed by atoms with van der Waals surface area (Å²) in [5.74, 6) is 0. The number of allylic oxidation sites excluding steroid dienone is 1. The van der Waals surface area contributed by atoms with Crippen LogP contribution in [0.4, 0.5) is 5.69 Å². The van der Waals surface area contributed by atoms with Crippen molar-refractivity contribution in [1.29, 1.82) is 5.26 Å². The lowest BCUT2D eigenvalue weighted by molar-refractivity contribution is 1.15. The Bertz CT molecular complexity index is 613. The van der Waals surface area contributed by atoms with Crippen molar-refractivity contribution in [2.24, 2.45) is 0 Å². The van der Waals surface area contributed by atoms with Crippen LogP contribution in [0.2, 0.25) is 0 Å². The molecular weight excluding hydrogens is 220 g/mol. The zero-order valence-corrected chi connectivity index (χ0v) is 9.85. The van der Waals surface area contributed by atoms with Crippen molar-refractivity contribution in [2.75, 3.05) is 5.32 Å². The largest absolute Gasteiger partial charge is 0.380 e. The number of rotatable bonds is 0. The third-order valence-electron chi connectivity index (χ3n) is 3.20. The second kappa shape index (κ2) is 4.38. The van der Waals surface area contributed by atoms with E-state index in [1.54, 1.807) is 6.08 Å². The zero-order chi connectivity index (χ0) is 12.4. The topological polar surface area (TPSA) is 35.8 Å². The van der Waals surface area contributed by atoms with Crippen molar-refractivity contribution in [1.82, 2.24) is 0 Å². The van der Waals surface area contributed by atoms with Crippen molar-refractivity contribution in [2.45, 2.75) is 6.54 Å². The molecule has 2 heteroatoms. The zero-order valence-electron chi connectivity index (χ0n) is 9.85. The quantitative estimate of drug-likeness (QED) is 0.705. The highest BCUT2D eigenvalue weighted by molar-refractivity contribution is 5.89. The molecule has 1 heterocycles. The Kier molecular flexibility index (Phi) is 2.59. The lowest BCUT2D eigenvalue weighted by atomic mass is 9.94. The molecular formula is C16H12N2. The molecule has 0 aromatic heterocycles. The van der Waals surface area contributed by atoms with Crippen LogP contribution in [0.5, 0.6) is 0 Å². The summed E-state index contributed by atoms with van der Waals surface area (Å²) in [4.78, 5) is 0. The van der Waals surface area contributed by atoms with Crippen LogP contribution in [0, 0.1) is 11.3 Å². The van der Waals surface area contributed by atoms with E-state index >= 15 is 0 Å². The molecule has 3 rings (SSSR count). The van der Waals surface area contributed by atoms with Crippen molar-refractivity contribution >= 4 is 11.3 Å². The number of anilines is 1. The summed E-state index contributed by atoms with van der Waals surface area (Å²) in [5.41, 5.74) is 5.51. The average Bonchev–Trinajstić information content (AvgIpc) is 2.58. The predicted octanol–water partition coefficient (Wildman–Crippen LogP) is 3.57. The first-order chi connectivity index (χ1) is 8.90. The lowest BCUT2D eigenvalue weighted by Crippen LogP contribution is -1.98. The van der Waals surface area contributed by atoms with E-state index in [0.29, 0.717) is 0 Å². The number of benzene rings is 2. The van der Waals surface area contributed by atoms with Crippen LogP contribution < -0.4 is 5.32 Å². The van der Waals surface area contributed by atoms with Gasteiger partial charge in [-0.05, 0) is 17.2 Å². The second-order valence-electron chi connectivity index (χ2n) is 4.24. The Balaban J connectivity index is 2.29. The Morgan fingerprint density at radius 1 is 1.00 bits per heavy atom. The number of nitrogens with one attached hydrogen (secondary N) is 1. The SMILES string of the molecule is N#C/C=C1\c2ccccc2CNc2ccccc21. The van der Waals surface area contributed by atoms with Crippen LogP contribution in [-0.4, -0.2) is 0 Å². The summed E-state index contributed by atoms with van der Waals surface area (Å²) < 4.78 is 0. The van der Waals surface area contributed by atoms with E-state index in [4.69, 9.17) is 5.26 Å². The van der Waals surface area contributed by atoms with Gasteiger partial charge < -0.3 is 5.32 Å². The van der Waals surface area contributed by atoms with E-state index < -0.39 is 0 Å². The molecule has 2 nitrogen and oxygen atoms in total. The minimum Gasteiger partial charge on any atom is -0.380 e. The Morgan fingerprint density at radius 3 is 2.56 bits per heavy atom. The molecule has 0 spiro atoms. The van der Waals surface area contributed by atoms with Crippen LogP contribution in [0.15, 0.2) is 54.6 Å². The van der Waals surface area contributed by atoms with E-state index in [1.165, 1.54) is 5.56 Å². The first-order valence-electron chi connectivity index (χ1n) is 5.91. The summed E-state index contributed by atoms with van der Waals surface area (Å²) in [7, 11) is 0. The number of para-hydroxylation sites is 1. The van der Waals surface area contributed by atoms with Gasteiger partial charge in [-0.3, -0.25) is 0 Å². The molecule has 0 amide bonds. The molecule has 0 radical (unpaired) electrons. The lowest BCUT2D eigenvalue weighted by Gasteiger charge is -2.09. The summed E-state index contributed by atoms with van der Waals surface area (Å²) >= 11 is 0. The third kappa shape index (κ3) is 1.66. The van der Waals surface area contributed by atoms with Crippen molar-refractivity contribution in [3.63, 3.8) is 0 Å². The maximum Gasteiger partial charge on any atom is 0.0918 e. The summed E-state index contributed by atoms with van der Waals surface area (Å²) in [6, 6.07) is 18.5. The average molecular weight is 232 g/mol. The fourth-order valence-corrected chi connectivity index (χ4v) is 2.36. The molecule has 0 saturated heterocycles. The number of nitriles is 1. The highest BCUT2D eigenvalue weighted by Crippen LogP contribution is 2.34. The molecule has 0 saturated carbocycles. The van der Waals surface area contributed by atoms with E-state index in [1.807, 2.05) is 36.4 Å². The van der Waals surface area contributed by atoms with E-state index in [9.17, 15) is 0 Å². The first kappa shape index (κ1) is 10.6. The predicted molar refractivity (Wildman–Crippen MR) is 72.9 cm³/mol. The van der Waals surface area contributed by atoms with Crippen LogP contribution >= 0.6 is 0 Å². The molecule has 1 aliphatic rings. The smallest absolute Gasteiger partial charge is 0.0918 e. The molecule has 86 valence electrons. The number of fused-ring (bicyclic) bond motifs is 2.